The molecule has 0 aliphatic rings. The fourth-order valence-electron chi connectivity index (χ4n) is 5.02. The average molecular weight is 543 g/mol. The van der Waals surface area contributed by atoms with E-state index in [9.17, 15) is 9.59 Å². The fourth-order valence-corrected chi connectivity index (χ4v) is 5.02. The second-order valence-electron chi connectivity index (χ2n) is 12.7. The maximum Gasteiger partial charge on any atom is 0.224 e. The lowest BCUT2D eigenvalue weighted by Crippen LogP contribution is -2.18. The van der Waals surface area contributed by atoms with E-state index in [2.05, 4.69) is 57.4 Å². The van der Waals surface area contributed by atoms with Gasteiger partial charge in [-0.3, -0.25) is 9.59 Å². The molecule has 0 aliphatic carbocycles. The first-order valence-corrected chi connectivity index (χ1v) is 16.4. The lowest BCUT2D eigenvalue weighted by molar-refractivity contribution is -0.117. The predicted octanol–water partition coefficient (Wildman–Crippen LogP) is 11.0. The topological polar surface area (TPSA) is 58.2 Å². The Bertz CT molecular complexity index is 752. The molecule has 1 aromatic rings. The van der Waals surface area contributed by atoms with Gasteiger partial charge in [-0.1, -0.05) is 137 Å². The van der Waals surface area contributed by atoms with Crippen LogP contribution in [0.4, 0.5) is 11.4 Å². The summed E-state index contributed by atoms with van der Waals surface area (Å²) in [6, 6.07) is 4.17. The van der Waals surface area contributed by atoms with Crippen LogP contribution in [0.25, 0.3) is 0 Å². The van der Waals surface area contributed by atoms with Crippen molar-refractivity contribution in [3.63, 3.8) is 0 Å². The number of carbonyl (C=O) groups excluding carboxylic acids is 2. The van der Waals surface area contributed by atoms with Crippen LogP contribution < -0.4 is 10.6 Å². The molecule has 0 heterocycles. The van der Waals surface area contributed by atoms with E-state index in [1.54, 1.807) is 0 Å². The standard InChI is InChI=1S/C35H62N2O2/c1-7-9-11-13-15-17-19-21-23-25-33(38)36-31-27-30(35(4,5)6)28-32(29(31)3)37-34(39)26-24-22-20-18-16-14-12-10-8-2/h27-28H,7-26H2,1-6H3,(H,36,38)(H,37,39). The molecule has 2 N–H and O–H groups in total. The molecule has 224 valence electrons. The van der Waals surface area contributed by atoms with Gasteiger partial charge < -0.3 is 10.6 Å². The Kier molecular flexibility index (Phi) is 18.9. The lowest BCUT2D eigenvalue weighted by atomic mass is 9.85. The van der Waals surface area contributed by atoms with Crippen LogP contribution in [0.2, 0.25) is 0 Å². The summed E-state index contributed by atoms with van der Waals surface area (Å²) in [4.78, 5) is 25.5. The van der Waals surface area contributed by atoms with Crippen LogP contribution in [0.5, 0.6) is 0 Å². The number of nitrogens with one attached hydrogen (secondary N) is 2. The third kappa shape index (κ3) is 16.8. The van der Waals surface area contributed by atoms with Crippen molar-refractivity contribution in [3.05, 3.63) is 23.3 Å². The third-order valence-electron chi connectivity index (χ3n) is 7.84. The molecular weight excluding hydrogens is 480 g/mol. The zero-order valence-electron chi connectivity index (χ0n) is 26.6. The van der Waals surface area contributed by atoms with Crippen LogP contribution in [0.15, 0.2) is 12.1 Å². The Morgan fingerprint density at radius 3 is 1.18 bits per heavy atom. The molecule has 0 radical (unpaired) electrons. The van der Waals surface area contributed by atoms with Gasteiger partial charge in [0, 0.05) is 24.2 Å². The van der Waals surface area contributed by atoms with Crippen LogP contribution >= 0.6 is 0 Å². The Labute approximate surface area is 241 Å². The monoisotopic (exact) mass is 542 g/mol. The van der Waals surface area contributed by atoms with Gasteiger partial charge in [-0.05, 0) is 48.4 Å². The number of hydrogen-bond acceptors (Lipinski definition) is 2. The summed E-state index contributed by atoms with van der Waals surface area (Å²) >= 11 is 0. The molecule has 4 heteroatoms. The molecule has 39 heavy (non-hydrogen) atoms. The number of amides is 2. The summed E-state index contributed by atoms with van der Waals surface area (Å²) in [5, 5.41) is 6.31. The highest BCUT2D eigenvalue weighted by Crippen LogP contribution is 2.33. The fraction of sp³-hybridized carbons (Fsp3) is 0.771. The van der Waals surface area contributed by atoms with Crippen molar-refractivity contribution in [1.82, 2.24) is 0 Å². The first-order chi connectivity index (χ1) is 18.7. The highest BCUT2D eigenvalue weighted by molar-refractivity contribution is 5.96. The first kappa shape index (κ1) is 35.2. The molecule has 4 nitrogen and oxygen atoms in total. The van der Waals surface area contributed by atoms with E-state index in [0.29, 0.717) is 12.8 Å². The van der Waals surface area contributed by atoms with Gasteiger partial charge in [-0.15, -0.1) is 0 Å². The number of unbranched alkanes of at least 4 members (excludes halogenated alkanes) is 16. The van der Waals surface area contributed by atoms with Crippen molar-refractivity contribution in [2.45, 2.75) is 175 Å². The predicted molar refractivity (Wildman–Crippen MR) is 171 cm³/mol. The number of carbonyl (C=O) groups is 2. The minimum atomic E-state index is -0.0824. The molecule has 0 spiro atoms. The number of rotatable bonds is 22. The minimum Gasteiger partial charge on any atom is -0.326 e. The van der Waals surface area contributed by atoms with E-state index < -0.39 is 0 Å². The molecular formula is C35H62N2O2. The van der Waals surface area contributed by atoms with Crippen molar-refractivity contribution in [1.29, 1.82) is 0 Å². The molecule has 1 aromatic carbocycles. The van der Waals surface area contributed by atoms with E-state index in [4.69, 9.17) is 0 Å². The largest absolute Gasteiger partial charge is 0.326 e. The third-order valence-corrected chi connectivity index (χ3v) is 7.84. The molecule has 0 fully saturated rings. The van der Waals surface area contributed by atoms with Gasteiger partial charge in [0.15, 0.2) is 0 Å². The Morgan fingerprint density at radius 2 is 0.872 bits per heavy atom. The summed E-state index contributed by atoms with van der Waals surface area (Å²) in [6.45, 7) is 13.0. The van der Waals surface area contributed by atoms with Gasteiger partial charge >= 0.3 is 0 Å². The molecule has 0 unspecified atom stereocenters. The molecule has 0 saturated carbocycles. The van der Waals surface area contributed by atoms with Crippen molar-refractivity contribution in [3.8, 4) is 0 Å². The molecule has 0 bridgehead atoms. The zero-order valence-corrected chi connectivity index (χ0v) is 26.6. The summed E-state index contributed by atoms with van der Waals surface area (Å²) < 4.78 is 0. The van der Waals surface area contributed by atoms with Crippen LogP contribution in [0, 0.1) is 6.92 Å². The highest BCUT2D eigenvalue weighted by Gasteiger charge is 2.19. The SMILES string of the molecule is CCCCCCCCCCCC(=O)Nc1cc(C(C)(C)C)cc(NC(=O)CCCCCCCCCCC)c1C. The molecule has 1 rings (SSSR count). The molecule has 0 aromatic heterocycles. The number of hydrogen-bond donors (Lipinski definition) is 2. The van der Waals surface area contributed by atoms with E-state index >= 15 is 0 Å². The molecule has 2 amide bonds. The van der Waals surface area contributed by atoms with E-state index in [1.165, 1.54) is 89.9 Å². The Morgan fingerprint density at radius 1 is 0.564 bits per heavy atom. The van der Waals surface area contributed by atoms with Crippen LogP contribution in [-0.4, -0.2) is 11.8 Å². The van der Waals surface area contributed by atoms with Crippen molar-refractivity contribution in [2.75, 3.05) is 10.6 Å². The van der Waals surface area contributed by atoms with Gasteiger partial charge in [-0.25, -0.2) is 0 Å². The maximum atomic E-state index is 12.8. The quantitative estimate of drug-likeness (QED) is 0.143. The van der Waals surface area contributed by atoms with Gasteiger partial charge in [-0.2, -0.15) is 0 Å². The smallest absolute Gasteiger partial charge is 0.224 e. The lowest BCUT2D eigenvalue weighted by Gasteiger charge is -2.23. The minimum absolute atomic E-state index is 0.0686. The zero-order chi connectivity index (χ0) is 28.9. The number of anilines is 2. The Balaban J connectivity index is 2.53. The summed E-state index contributed by atoms with van der Waals surface area (Å²) in [5.74, 6) is 0.137. The van der Waals surface area contributed by atoms with Crippen molar-refractivity contribution >= 4 is 23.2 Å². The van der Waals surface area contributed by atoms with Crippen LogP contribution in [-0.2, 0) is 15.0 Å². The first-order valence-electron chi connectivity index (χ1n) is 16.4. The highest BCUT2D eigenvalue weighted by atomic mass is 16.2. The van der Waals surface area contributed by atoms with E-state index in [0.717, 1.165) is 48.2 Å². The normalized spacial score (nSPS) is 11.5. The summed E-state index contributed by atoms with van der Waals surface area (Å²) in [5.41, 5.74) is 3.61. The summed E-state index contributed by atoms with van der Waals surface area (Å²) in [6.07, 6.45) is 23.5. The Hall–Kier alpha value is -1.84. The maximum absolute atomic E-state index is 12.8. The van der Waals surface area contributed by atoms with Gasteiger partial charge in [0.2, 0.25) is 11.8 Å². The molecule has 0 saturated heterocycles. The molecule has 0 atom stereocenters. The van der Waals surface area contributed by atoms with Gasteiger partial charge in [0.25, 0.3) is 0 Å². The van der Waals surface area contributed by atoms with Gasteiger partial charge in [0.1, 0.15) is 0 Å². The molecule has 0 aliphatic heterocycles. The second kappa shape index (κ2) is 21.0. The van der Waals surface area contributed by atoms with Crippen LogP contribution in [0.1, 0.15) is 174 Å². The summed E-state index contributed by atoms with van der Waals surface area (Å²) in [7, 11) is 0. The van der Waals surface area contributed by atoms with E-state index in [1.807, 2.05) is 6.92 Å². The van der Waals surface area contributed by atoms with E-state index in [-0.39, 0.29) is 17.2 Å². The second-order valence-corrected chi connectivity index (χ2v) is 12.7. The van der Waals surface area contributed by atoms with Gasteiger partial charge in [0.05, 0.1) is 0 Å². The average Bonchev–Trinajstić information content (AvgIpc) is 2.88. The van der Waals surface area contributed by atoms with Crippen molar-refractivity contribution < 1.29 is 9.59 Å². The van der Waals surface area contributed by atoms with Crippen molar-refractivity contribution in [2.24, 2.45) is 0 Å². The van der Waals surface area contributed by atoms with Crippen LogP contribution in [0.3, 0.4) is 0 Å². The number of benzene rings is 1.